The molecule has 23 heavy (non-hydrogen) atoms. The third kappa shape index (κ3) is 4.78. The third-order valence-corrected chi connectivity index (χ3v) is 6.46. The highest BCUT2D eigenvalue weighted by Gasteiger charge is 2.15. The average molecular weight is 527 g/mol. The first kappa shape index (κ1) is 16.4. The summed E-state index contributed by atoms with van der Waals surface area (Å²) in [5.41, 5.74) is 0.561. The molecule has 0 saturated heterocycles. The quantitative estimate of drug-likeness (QED) is 0.293. The Labute approximate surface area is 159 Å². The van der Waals surface area contributed by atoms with E-state index >= 15 is 0 Å². The number of carbonyl (C=O) groups is 1. The molecule has 3 aromatic carbocycles. The van der Waals surface area contributed by atoms with Crippen LogP contribution >= 0.6 is 22.6 Å². The maximum Gasteiger partial charge on any atom is 0.357 e. The van der Waals surface area contributed by atoms with Crippen molar-refractivity contribution in [2.45, 2.75) is 0 Å². The zero-order chi connectivity index (χ0) is 16.1. The summed E-state index contributed by atoms with van der Waals surface area (Å²) in [7, 11) is 0. The van der Waals surface area contributed by atoms with E-state index in [9.17, 15) is 4.79 Å². The van der Waals surface area contributed by atoms with Crippen LogP contribution in [0.4, 0.5) is 0 Å². The van der Waals surface area contributed by atoms with Gasteiger partial charge in [-0.05, 0) is 83.3 Å². The monoisotopic (exact) mass is 527 g/mol. The number of halogens is 2. The number of hydrogen-bond donors (Lipinski definition) is 0. The lowest BCUT2D eigenvalue weighted by Crippen LogP contribution is -3.61. The molecular formula is C19H13I2O2+. The first-order valence-corrected chi connectivity index (χ1v) is 10.2. The van der Waals surface area contributed by atoms with E-state index in [-0.39, 0.29) is 27.2 Å². The molecule has 0 saturated carbocycles. The molecule has 0 aliphatic heterocycles. The van der Waals surface area contributed by atoms with Crippen LogP contribution in [-0.2, 0) is 0 Å². The Balaban J connectivity index is 1.65. The summed E-state index contributed by atoms with van der Waals surface area (Å²) < 4.78 is 9.17. The summed E-state index contributed by atoms with van der Waals surface area (Å²) in [6.45, 7) is 0. The molecule has 114 valence electrons. The zero-order valence-electron chi connectivity index (χ0n) is 12.1. The number of ether oxygens (including phenoxy) is 1. The average Bonchev–Trinajstić information content (AvgIpc) is 2.58. The highest BCUT2D eigenvalue weighted by atomic mass is 127. The summed E-state index contributed by atoms with van der Waals surface area (Å²) in [6.07, 6.45) is 0. The van der Waals surface area contributed by atoms with Crippen molar-refractivity contribution in [3.05, 3.63) is 95.1 Å². The fraction of sp³-hybridized carbons (Fsp3) is 0. The van der Waals surface area contributed by atoms with Gasteiger partial charge in [0.1, 0.15) is 5.75 Å². The van der Waals surface area contributed by atoms with Gasteiger partial charge in [-0.15, -0.1) is 0 Å². The minimum absolute atomic E-state index is 0.195. The zero-order valence-corrected chi connectivity index (χ0v) is 16.4. The van der Waals surface area contributed by atoms with Gasteiger partial charge in [0, 0.05) is 3.57 Å². The van der Waals surface area contributed by atoms with E-state index < -0.39 is 0 Å². The predicted molar refractivity (Wildman–Crippen MR) is 94.4 cm³/mol. The van der Waals surface area contributed by atoms with Crippen molar-refractivity contribution in [3.63, 3.8) is 0 Å². The summed E-state index contributed by atoms with van der Waals surface area (Å²) in [6, 6.07) is 25.6. The molecule has 2 nitrogen and oxygen atoms in total. The molecule has 3 rings (SSSR count). The van der Waals surface area contributed by atoms with E-state index in [1.54, 1.807) is 12.1 Å². The van der Waals surface area contributed by atoms with Crippen LogP contribution in [0.25, 0.3) is 0 Å². The van der Waals surface area contributed by atoms with Gasteiger partial charge >= 0.3 is 27.2 Å². The molecule has 0 unspecified atom stereocenters. The van der Waals surface area contributed by atoms with Crippen LogP contribution in [0, 0.1) is 10.7 Å². The fourth-order valence-corrected chi connectivity index (χ4v) is 4.49. The van der Waals surface area contributed by atoms with Gasteiger partial charge in [0.2, 0.25) is 0 Å². The van der Waals surface area contributed by atoms with Crippen molar-refractivity contribution in [1.82, 2.24) is 0 Å². The van der Waals surface area contributed by atoms with Gasteiger partial charge < -0.3 is 4.74 Å². The summed E-state index contributed by atoms with van der Waals surface area (Å²) in [5.74, 6) is 0.251. The second-order valence-corrected chi connectivity index (χ2v) is 9.02. The van der Waals surface area contributed by atoms with Crippen LogP contribution in [0.2, 0.25) is 0 Å². The Kier molecular flexibility index (Phi) is 5.66. The van der Waals surface area contributed by atoms with Gasteiger partial charge in [0.05, 0.1) is 5.56 Å². The lowest BCUT2D eigenvalue weighted by atomic mass is 10.2. The van der Waals surface area contributed by atoms with E-state index in [1.165, 1.54) is 7.14 Å². The Bertz CT molecular complexity index is 782. The van der Waals surface area contributed by atoms with Crippen LogP contribution in [0.5, 0.6) is 5.75 Å². The van der Waals surface area contributed by atoms with Gasteiger partial charge in [-0.2, -0.15) is 0 Å². The van der Waals surface area contributed by atoms with E-state index in [4.69, 9.17) is 4.74 Å². The molecule has 0 spiro atoms. The topological polar surface area (TPSA) is 26.3 Å². The Morgan fingerprint density at radius 1 is 0.783 bits per heavy atom. The van der Waals surface area contributed by atoms with Crippen molar-refractivity contribution in [3.8, 4) is 5.75 Å². The first-order valence-electron chi connectivity index (χ1n) is 6.98. The normalized spacial score (nSPS) is 10.3. The van der Waals surface area contributed by atoms with Crippen LogP contribution in [-0.4, -0.2) is 5.97 Å². The molecule has 0 aliphatic carbocycles. The van der Waals surface area contributed by atoms with Crippen molar-refractivity contribution >= 4 is 28.6 Å². The number of rotatable bonds is 4. The Morgan fingerprint density at radius 3 is 2.04 bits per heavy atom. The van der Waals surface area contributed by atoms with E-state index in [1.807, 2.05) is 42.5 Å². The molecule has 0 amide bonds. The molecule has 0 heterocycles. The standard InChI is InChI=1S/C19H13I2O2/c20-15-8-6-14(7-9-15)19(22)23-18-12-10-17(11-13-18)21-16-4-2-1-3-5-16/h1-13H/q+1. The van der Waals surface area contributed by atoms with E-state index in [0.29, 0.717) is 11.3 Å². The van der Waals surface area contributed by atoms with Crippen molar-refractivity contribution in [2.75, 3.05) is 0 Å². The lowest BCUT2D eigenvalue weighted by molar-refractivity contribution is -0.597. The third-order valence-electron chi connectivity index (χ3n) is 3.06. The summed E-state index contributed by atoms with van der Waals surface area (Å²) in [4.78, 5) is 12.1. The number of carbonyl (C=O) groups excluding carboxylic acids is 1. The molecule has 0 aromatic heterocycles. The number of hydrogen-bond acceptors (Lipinski definition) is 2. The molecule has 4 heteroatoms. The molecule has 0 N–H and O–H groups in total. The van der Waals surface area contributed by atoms with Gasteiger partial charge in [0.15, 0.2) is 7.14 Å². The number of esters is 1. The van der Waals surface area contributed by atoms with Gasteiger partial charge in [-0.3, -0.25) is 0 Å². The second-order valence-electron chi connectivity index (χ2n) is 4.74. The first-order chi connectivity index (χ1) is 11.2. The predicted octanol–water partition coefficient (Wildman–Crippen LogP) is 1.64. The summed E-state index contributed by atoms with van der Waals surface area (Å²) in [5, 5.41) is 0. The lowest BCUT2D eigenvalue weighted by Gasteiger charge is -2.03. The molecule has 3 aromatic rings. The second kappa shape index (κ2) is 7.92. The maximum absolute atomic E-state index is 12.1. The van der Waals surface area contributed by atoms with Crippen LogP contribution in [0.1, 0.15) is 10.4 Å². The highest BCUT2D eigenvalue weighted by molar-refractivity contribution is 14.1. The van der Waals surface area contributed by atoms with Crippen LogP contribution in [0.3, 0.4) is 0 Å². The maximum atomic E-state index is 12.1. The summed E-state index contributed by atoms with van der Waals surface area (Å²) >= 11 is 2.01. The fourth-order valence-electron chi connectivity index (χ4n) is 1.92. The Morgan fingerprint density at radius 2 is 1.39 bits per heavy atom. The molecular weight excluding hydrogens is 514 g/mol. The molecule has 0 radical (unpaired) electrons. The van der Waals surface area contributed by atoms with Gasteiger partial charge in [-0.25, -0.2) is 4.79 Å². The SMILES string of the molecule is O=C(Oc1ccc([I+]c2ccccc2)cc1)c1ccc(I)cc1. The smallest absolute Gasteiger partial charge is 0.357 e. The van der Waals surface area contributed by atoms with E-state index in [2.05, 4.69) is 46.9 Å². The largest absolute Gasteiger partial charge is 0.423 e. The van der Waals surface area contributed by atoms with Crippen LogP contribution < -0.4 is 25.9 Å². The van der Waals surface area contributed by atoms with E-state index in [0.717, 1.165) is 3.57 Å². The molecule has 0 atom stereocenters. The number of benzene rings is 3. The highest BCUT2D eigenvalue weighted by Crippen LogP contribution is 2.13. The van der Waals surface area contributed by atoms with Crippen LogP contribution in [0.15, 0.2) is 78.9 Å². The van der Waals surface area contributed by atoms with Gasteiger partial charge in [0.25, 0.3) is 0 Å². The van der Waals surface area contributed by atoms with Crippen molar-refractivity contribution in [2.24, 2.45) is 0 Å². The Hall–Kier alpha value is -1.41. The minimum atomic E-state index is -0.327. The molecule has 0 aliphatic rings. The van der Waals surface area contributed by atoms with Gasteiger partial charge in [-0.1, -0.05) is 18.2 Å². The van der Waals surface area contributed by atoms with Crippen molar-refractivity contribution in [1.29, 1.82) is 0 Å². The van der Waals surface area contributed by atoms with Crippen molar-refractivity contribution < 1.29 is 30.7 Å². The molecule has 0 fully saturated rings. The molecule has 0 bridgehead atoms. The minimum Gasteiger partial charge on any atom is -0.423 e.